The second kappa shape index (κ2) is 16.8. The molecule has 0 N–H and O–H groups in total. The number of esters is 7. The molecule has 2 aromatic carbocycles. The van der Waals surface area contributed by atoms with Gasteiger partial charge in [-0.2, -0.15) is 0 Å². The van der Waals surface area contributed by atoms with Gasteiger partial charge in [0.05, 0.1) is 0 Å². The molecule has 0 amide bonds. The van der Waals surface area contributed by atoms with Gasteiger partial charge in [-0.15, -0.1) is 0 Å². The molecule has 0 unspecified atom stereocenters. The van der Waals surface area contributed by atoms with Crippen LogP contribution < -0.4 is 24.4 Å². The van der Waals surface area contributed by atoms with Crippen molar-refractivity contribution in [3.05, 3.63) is 46.6 Å². The number of hydrogen-bond donors (Lipinski definition) is 0. The minimum absolute atomic E-state index is 0.0801. The third-order valence-corrected chi connectivity index (χ3v) is 6.96. The van der Waals surface area contributed by atoms with E-state index in [0.717, 1.165) is 60.6 Å². The monoisotopic (exact) mass is 742 g/mol. The second-order valence-corrected chi connectivity index (χ2v) is 11.4. The van der Waals surface area contributed by atoms with Crippen molar-refractivity contribution in [3.63, 3.8) is 0 Å². The lowest BCUT2D eigenvalue weighted by Crippen LogP contribution is -2.63. The number of benzene rings is 2. The molecule has 53 heavy (non-hydrogen) atoms. The Morgan fingerprint density at radius 2 is 1.17 bits per heavy atom. The molecule has 2 heterocycles. The molecule has 4 rings (SSSR count). The molecule has 0 spiro atoms. The van der Waals surface area contributed by atoms with E-state index in [-0.39, 0.29) is 45.3 Å². The zero-order valence-electron chi connectivity index (χ0n) is 29.4. The maximum Gasteiger partial charge on any atom is 0.308 e. The summed E-state index contributed by atoms with van der Waals surface area (Å²) in [5.41, 5.74) is -0.699. The fourth-order valence-corrected chi connectivity index (χ4v) is 5.23. The first-order valence-electron chi connectivity index (χ1n) is 15.7. The van der Waals surface area contributed by atoms with Crippen molar-refractivity contribution in [1.29, 1.82) is 0 Å². The van der Waals surface area contributed by atoms with Crippen LogP contribution in [0.15, 0.2) is 45.6 Å². The molecular weight excluding hydrogens is 708 g/mol. The molecule has 1 fully saturated rings. The van der Waals surface area contributed by atoms with Gasteiger partial charge < -0.3 is 47.0 Å². The molecule has 18 nitrogen and oxygen atoms in total. The standard InChI is InChI=1S/C35H34O18/c1-15(36)44-14-30-32(48-19(5)40)33(49-20(6)41)34(50-21(7)42)35(53-30)51-23-11-28(47-18(4)39)31-24(43)13-26(52-29(31)12-23)22-8-9-25(45-16(2)37)27(10-22)46-17(3)38/h8-13,30,32-35H,14H2,1-7H3/t30-,32-,33+,34-,35+/m0/s1. The average Bonchev–Trinajstić information content (AvgIpc) is 3.02. The van der Waals surface area contributed by atoms with Crippen LogP contribution in [0.5, 0.6) is 23.0 Å². The van der Waals surface area contributed by atoms with Crippen molar-refractivity contribution < 1.29 is 80.6 Å². The molecule has 1 aromatic heterocycles. The maximum atomic E-state index is 13.5. The van der Waals surface area contributed by atoms with Gasteiger partial charge >= 0.3 is 41.8 Å². The van der Waals surface area contributed by atoms with Crippen LogP contribution >= 0.6 is 0 Å². The van der Waals surface area contributed by atoms with E-state index >= 15 is 0 Å². The molecule has 18 heteroatoms. The van der Waals surface area contributed by atoms with Crippen LogP contribution in [0.3, 0.4) is 0 Å². The summed E-state index contributed by atoms with van der Waals surface area (Å²) in [6.45, 7) is 7.10. The van der Waals surface area contributed by atoms with Crippen molar-refractivity contribution >= 4 is 52.8 Å². The van der Waals surface area contributed by atoms with Gasteiger partial charge in [0.1, 0.15) is 40.9 Å². The highest BCUT2D eigenvalue weighted by atomic mass is 16.7. The van der Waals surface area contributed by atoms with Crippen LogP contribution in [-0.4, -0.2) is 79.1 Å². The molecule has 0 saturated carbocycles. The van der Waals surface area contributed by atoms with Crippen LogP contribution in [0.2, 0.25) is 0 Å². The number of carbonyl (C=O) groups excluding carboxylic acids is 7. The zero-order chi connectivity index (χ0) is 39.1. The largest absolute Gasteiger partial charge is 0.463 e. The topological polar surface area (TPSA) is 233 Å². The van der Waals surface area contributed by atoms with Crippen molar-refractivity contribution in [2.45, 2.75) is 79.2 Å². The first-order valence-corrected chi connectivity index (χ1v) is 15.7. The minimum atomic E-state index is -1.69. The van der Waals surface area contributed by atoms with E-state index < -0.39 is 84.5 Å². The van der Waals surface area contributed by atoms with Crippen LogP contribution in [-0.2, 0) is 57.2 Å². The average molecular weight is 743 g/mol. The molecular formula is C35H34O18. The summed E-state index contributed by atoms with van der Waals surface area (Å²) in [5, 5.41) is -0.199. The Balaban J connectivity index is 1.87. The Bertz CT molecular complexity index is 2010. The maximum absolute atomic E-state index is 13.5. The van der Waals surface area contributed by atoms with E-state index in [1.807, 2.05) is 0 Å². The third kappa shape index (κ3) is 10.4. The van der Waals surface area contributed by atoms with Gasteiger partial charge in [0.2, 0.25) is 12.4 Å². The SMILES string of the molecule is CC(=O)OC[C@@H]1O[C@@H](Oc2cc(OC(C)=O)c3c(=O)cc(-c4ccc(OC(C)=O)c(OC(C)=O)c4)oc3c2)[C@@H](OC(C)=O)[C@H](OC(C)=O)[C@H]1OC(C)=O. The van der Waals surface area contributed by atoms with E-state index in [1.165, 1.54) is 24.3 Å². The van der Waals surface area contributed by atoms with E-state index in [2.05, 4.69) is 0 Å². The fraction of sp³-hybridized carbons (Fsp3) is 0.371. The highest BCUT2D eigenvalue weighted by molar-refractivity contribution is 5.89. The number of carbonyl (C=O) groups is 7. The molecule has 0 bridgehead atoms. The molecule has 3 aromatic rings. The summed E-state index contributed by atoms with van der Waals surface area (Å²) in [6, 6.07) is 7.44. The predicted octanol–water partition coefficient (Wildman–Crippen LogP) is 2.70. The molecule has 0 aliphatic carbocycles. The third-order valence-electron chi connectivity index (χ3n) is 6.96. The van der Waals surface area contributed by atoms with Gasteiger partial charge in [-0.25, -0.2) is 0 Å². The van der Waals surface area contributed by atoms with Crippen molar-refractivity contribution in [2.75, 3.05) is 6.61 Å². The van der Waals surface area contributed by atoms with Crippen LogP contribution in [0, 0.1) is 0 Å². The van der Waals surface area contributed by atoms with Crippen molar-refractivity contribution in [3.8, 4) is 34.3 Å². The van der Waals surface area contributed by atoms with E-state index in [9.17, 15) is 38.4 Å². The predicted molar refractivity (Wildman–Crippen MR) is 174 cm³/mol. The lowest BCUT2D eigenvalue weighted by molar-refractivity contribution is -0.288. The number of ether oxygens (including phenoxy) is 9. The quantitative estimate of drug-likeness (QED) is 0.156. The summed E-state index contributed by atoms with van der Waals surface area (Å²) in [4.78, 5) is 97.2. The summed E-state index contributed by atoms with van der Waals surface area (Å²) < 4.78 is 55.0. The van der Waals surface area contributed by atoms with Crippen molar-refractivity contribution in [2.24, 2.45) is 0 Å². The fourth-order valence-electron chi connectivity index (χ4n) is 5.23. The Kier molecular flexibility index (Phi) is 12.5. The second-order valence-electron chi connectivity index (χ2n) is 11.4. The lowest BCUT2D eigenvalue weighted by atomic mass is 9.98. The smallest absolute Gasteiger partial charge is 0.308 e. The summed E-state index contributed by atoms with van der Waals surface area (Å²) in [5.74, 6) is -6.42. The van der Waals surface area contributed by atoms with E-state index in [4.69, 9.17) is 47.0 Å². The summed E-state index contributed by atoms with van der Waals surface area (Å²) >= 11 is 0. The van der Waals surface area contributed by atoms with Gasteiger partial charge in [0.25, 0.3) is 0 Å². The van der Waals surface area contributed by atoms with E-state index in [1.54, 1.807) is 0 Å². The van der Waals surface area contributed by atoms with Gasteiger partial charge in [-0.05, 0) is 18.2 Å². The van der Waals surface area contributed by atoms with Gasteiger partial charge in [-0.3, -0.25) is 38.4 Å². The minimum Gasteiger partial charge on any atom is -0.463 e. The molecule has 0 radical (unpaired) electrons. The van der Waals surface area contributed by atoms with Crippen LogP contribution in [0.25, 0.3) is 22.3 Å². The first kappa shape index (κ1) is 39.5. The highest BCUT2D eigenvalue weighted by Gasteiger charge is 2.53. The summed E-state index contributed by atoms with van der Waals surface area (Å²) in [7, 11) is 0. The summed E-state index contributed by atoms with van der Waals surface area (Å²) in [6.07, 6.45) is -7.66. The van der Waals surface area contributed by atoms with Gasteiger partial charge in [0.15, 0.2) is 29.1 Å². The Morgan fingerprint density at radius 1 is 0.604 bits per heavy atom. The highest BCUT2D eigenvalue weighted by Crippen LogP contribution is 2.38. The molecule has 1 aliphatic rings. The molecule has 282 valence electrons. The van der Waals surface area contributed by atoms with E-state index in [0.29, 0.717) is 0 Å². The van der Waals surface area contributed by atoms with Crippen LogP contribution in [0.4, 0.5) is 0 Å². The van der Waals surface area contributed by atoms with Crippen molar-refractivity contribution in [1.82, 2.24) is 0 Å². The molecule has 1 aliphatic heterocycles. The Morgan fingerprint density at radius 3 is 1.75 bits per heavy atom. The molecule has 5 atom stereocenters. The lowest BCUT2D eigenvalue weighted by Gasteiger charge is -2.43. The number of fused-ring (bicyclic) bond motifs is 1. The molecule has 1 saturated heterocycles. The number of rotatable bonds is 11. The van der Waals surface area contributed by atoms with Crippen LogP contribution in [0.1, 0.15) is 48.5 Å². The number of hydrogen-bond acceptors (Lipinski definition) is 18. The zero-order valence-corrected chi connectivity index (χ0v) is 29.4. The Labute approximate surface area is 300 Å². The van der Waals surface area contributed by atoms with Gasteiger partial charge in [-0.1, -0.05) is 0 Å². The normalized spacial score (nSPS) is 19.3. The van der Waals surface area contributed by atoms with Gasteiger partial charge in [0, 0.05) is 72.2 Å². The Hall–Kier alpha value is -6.30. The first-order chi connectivity index (χ1) is 24.9.